The number of fused-ring (bicyclic) bond motifs is 1. The molecule has 1 aromatic heterocycles. The Balaban J connectivity index is 1.63. The molecule has 0 radical (unpaired) electrons. The molecule has 1 amide bonds. The molecule has 1 fully saturated rings. The lowest BCUT2D eigenvalue weighted by Gasteiger charge is -2.21. The lowest BCUT2D eigenvalue weighted by atomic mass is 10.2. The standard InChI is InChI=1S/C23H23ClN2O2S/c1-2-16-9-11-20-21(14-16)29-23(25-20)26(15-18-7-5-13-28-18)22(27)12-10-17-6-3-4-8-19(17)24/h3-4,6,8-12,14,18H,2,5,7,13,15H2,1H3/b12-10+. The predicted molar refractivity (Wildman–Crippen MR) is 121 cm³/mol. The van der Waals surface area contributed by atoms with Crippen LogP contribution in [-0.2, 0) is 16.0 Å². The van der Waals surface area contributed by atoms with E-state index in [1.165, 1.54) is 5.56 Å². The molecule has 0 saturated carbocycles. The van der Waals surface area contributed by atoms with E-state index in [2.05, 4.69) is 19.1 Å². The van der Waals surface area contributed by atoms with Gasteiger partial charge < -0.3 is 4.74 Å². The van der Waals surface area contributed by atoms with Crippen LogP contribution in [0.3, 0.4) is 0 Å². The number of aryl methyl sites for hydroxylation is 1. The molecule has 29 heavy (non-hydrogen) atoms. The maximum absolute atomic E-state index is 13.1. The summed E-state index contributed by atoms with van der Waals surface area (Å²) < 4.78 is 6.88. The van der Waals surface area contributed by atoms with Gasteiger partial charge in [0.2, 0.25) is 0 Å². The van der Waals surface area contributed by atoms with Crippen LogP contribution in [0.15, 0.2) is 48.5 Å². The van der Waals surface area contributed by atoms with Crippen LogP contribution in [0, 0.1) is 0 Å². The van der Waals surface area contributed by atoms with Crippen LogP contribution < -0.4 is 4.90 Å². The summed E-state index contributed by atoms with van der Waals surface area (Å²) >= 11 is 7.77. The molecule has 1 saturated heterocycles. The second-order valence-corrected chi connectivity index (χ2v) is 8.51. The smallest absolute Gasteiger partial charge is 0.252 e. The van der Waals surface area contributed by atoms with Gasteiger partial charge in [-0.3, -0.25) is 9.69 Å². The van der Waals surface area contributed by atoms with Gasteiger partial charge in [0.05, 0.1) is 22.9 Å². The van der Waals surface area contributed by atoms with Crippen molar-refractivity contribution in [1.29, 1.82) is 0 Å². The zero-order valence-electron chi connectivity index (χ0n) is 16.3. The maximum Gasteiger partial charge on any atom is 0.252 e. The van der Waals surface area contributed by atoms with Gasteiger partial charge in [0.15, 0.2) is 5.13 Å². The van der Waals surface area contributed by atoms with Gasteiger partial charge in [0.1, 0.15) is 0 Å². The molecule has 2 heterocycles. The van der Waals surface area contributed by atoms with Crippen molar-refractivity contribution in [3.63, 3.8) is 0 Å². The Morgan fingerprint density at radius 2 is 2.21 bits per heavy atom. The predicted octanol–water partition coefficient (Wildman–Crippen LogP) is 5.74. The summed E-state index contributed by atoms with van der Waals surface area (Å²) in [6.07, 6.45) is 6.34. The fraction of sp³-hybridized carbons (Fsp3) is 0.304. The number of amides is 1. The van der Waals surface area contributed by atoms with E-state index in [1.807, 2.05) is 30.3 Å². The first-order valence-corrected chi connectivity index (χ1v) is 11.1. The van der Waals surface area contributed by atoms with Crippen LogP contribution in [0.4, 0.5) is 5.13 Å². The van der Waals surface area contributed by atoms with Gasteiger partial charge in [-0.15, -0.1) is 0 Å². The van der Waals surface area contributed by atoms with Crippen LogP contribution in [-0.4, -0.2) is 30.1 Å². The summed E-state index contributed by atoms with van der Waals surface area (Å²) in [7, 11) is 0. The number of ether oxygens (including phenoxy) is 1. The minimum absolute atomic E-state index is 0.0471. The van der Waals surface area contributed by atoms with Gasteiger partial charge in [0, 0.05) is 17.7 Å². The van der Waals surface area contributed by atoms with Crippen molar-refractivity contribution in [2.75, 3.05) is 18.1 Å². The second-order valence-electron chi connectivity index (χ2n) is 7.09. The van der Waals surface area contributed by atoms with E-state index in [0.29, 0.717) is 16.7 Å². The van der Waals surface area contributed by atoms with Gasteiger partial charge in [-0.1, -0.05) is 54.1 Å². The average Bonchev–Trinajstić information content (AvgIpc) is 3.40. The van der Waals surface area contributed by atoms with Gasteiger partial charge >= 0.3 is 0 Å². The van der Waals surface area contributed by atoms with Crippen molar-refractivity contribution in [2.24, 2.45) is 0 Å². The number of aromatic nitrogens is 1. The Morgan fingerprint density at radius 1 is 1.34 bits per heavy atom. The first-order chi connectivity index (χ1) is 14.1. The third kappa shape index (κ3) is 4.69. The van der Waals surface area contributed by atoms with E-state index >= 15 is 0 Å². The minimum atomic E-state index is -0.116. The third-order valence-corrected chi connectivity index (χ3v) is 6.45. The van der Waals surface area contributed by atoms with E-state index in [9.17, 15) is 4.79 Å². The number of anilines is 1. The van der Waals surface area contributed by atoms with Crippen molar-refractivity contribution in [1.82, 2.24) is 4.98 Å². The van der Waals surface area contributed by atoms with Gasteiger partial charge in [0.25, 0.3) is 5.91 Å². The van der Waals surface area contributed by atoms with Crippen molar-refractivity contribution < 1.29 is 9.53 Å². The lowest BCUT2D eigenvalue weighted by molar-refractivity contribution is -0.114. The number of benzene rings is 2. The quantitative estimate of drug-likeness (QED) is 0.472. The Morgan fingerprint density at radius 3 is 2.97 bits per heavy atom. The highest BCUT2D eigenvalue weighted by molar-refractivity contribution is 7.22. The molecule has 3 aromatic rings. The highest BCUT2D eigenvalue weighted by Crippen LogP contribution is 2.31. The zero-order valence-corrected chi connectivity index (χ0v) is 17.9. The average molecular weight is 427 g/mol. The van der Waals surface area contributed by atoms with E-state index in [0.717, 1.165) is 41.6 Å². The summed E-state index contributed by atoms with van der Waals surface area (Å²) in [5, 5.41) is 1.33. The Hall–Kier alpha value is -2.21. The molecule has 0 aliphatic carbocycles. The van der Waals surface area contributed by atoms with Crippen molar-refractivity contribution >= 4 is 50.3 Å². The monoisotopic (exact) mass is 426 g/mol. The first-order valence-electron chi connectivity index (χ1n) is 9.89. The second kappa shape index (κ2) is 9.08. The molecular weight excluding hydrogens is 404 g/mol. The molecule has 0 spiro atoms. The highest BCUT2D eigenvalue weighted by atomic mass is 35.5. The molecule has 150 valence electrons. The van der Waals surface area contributed by atoms with Crippen LogP contribution >= 0.6 is 22.9 Å². The molecule has 1 aliphatic heterocycles. The first kappa shape index (κ1) is 20.1. The fourth-order valence-electron chi connectivity index (χ4n) is 3.41. The number of nitrogens with zero attached hydrogens (tertiary/aromatic N) is 2. The molecule has 0 N–H and O–H groups in total. The van der Waals surface area contributed by atoms with Crippen molar-refractivity contribution in [2.45, 2.75) is 32.3 Å². The molecule has 1 unspecified atom stereocenters. The van der Waals surface area contributed by atoms with E-state index in [1.54, 1.807) is 28.4 Å². The summed E-state index contributed by atoms with van der Waals surface area (Å²) in [5.41, 5.74) is 3.00. The molecule has 4 nitrogen and oxygen atoms in total. The molecule has 1 atom stereocenters. The number of carbonyl (C=O) groups is 1. The number of hydrogen-bond donors (Lipinski definition) is 0. The van der Waals surface area contributed by atoms with Crippen molar-refractivity contribution in [3.8, 4) is 0 Å². The molecule has 6 heteroatoms. The van der Waals surface area contributed by atoms with Gasteiger partial charge in [-0.05, 0) is 54.7 Å². The zero-order chi connectivity index (χ0) is 20.2. The number of thiazole rings is 1. The lowest BCUT2D eigenvalue weighted by Crippen LogP contribution is -2.36. The molecular formula is C23H23ClN2O2S. The van der Waals surface area contributed by atoms with Crippen molar-refractivity contribution in [3.05, 3.63) is 64.7 Å². The summed E-state index contributed by atoms with van der Waals surface area (Å²) in [6.45, 7) is 3.39. The third-order valence-electron chi connectivity index (χ3n) is 5.07. The number of carbonyl (C=O) groups excluding carboxylic acids is 1. The summed E-state index contributed by atoms with van der Waals surface area (Å²) in [4.78, 5) is 19.6. The van der Waals surface area contributed by atoms with E-state index in [-0.39, 0.29) is 12.0 Å². The fourth-order valence-corrected chi connectivity index (χ4v) is 4.65. The molecule has 4 rings (SSSR count). The summed E-state index contributed by atoms with van der Waals surface area (Å²) in [5.74, 6) is -0.116. The molecule has 2 aromatic carbocycles. The maximum atomic E-state index is 13.1. The minimum Gasteiger partial charge on any atom is -0.376 e. The van der Waals surface area contributed by atoms with Crippen LogP contribution in [0.5, 0.6) is 0 Å². The number of halogens is 1. The van der Waals surface area contributed by atoms with Gasteiger partial charge in [-0.2, -0.15) is 0 Å². The Kier molecular flexibility index (Phi) is 6.28. The van der Waals surface area contributed by atoms with Crippen LogP contribution in [0.25, 0.3) is 16.3 Å². The van der Waals surface area contributed by atoms with E-state index < -0.39 is 0 Å². The summed E-state index contributed by atoms with van der Waals surface area (Å²) in [6, 6.07) is 13.8. The van der Waals surface area contributed by atoms with Crippen LogP contribution in [0.2, 0.25) is 5.02 Å². The van der Waals surface area contributed by atoms with E-state index in [4.69, 9.17) is 21.3 Å². The highest BCUT2D eigenvalue weighted by Gasteiger charge is 2.25. The molecule has 1 aliphatic rings. The van der Waals surface area contributed by atoms with Gasteiger partial charge in [-0.25, -0.2) is 4.98 Å². The Bertz CT molecular complexity index is 1040. The molecule has 0 bridgehead atoms. The largest absolute Gasteiger partial charge is 0.376 e. The number of hydrogen-bond acceptors (Lipinski definition) is 4. The normalized spacial score (nSPS) is 16.7. The Labute approximate surface area is 179 Å². The van der Waals surface area contributed by atoms with Crippen LogP contribution in [0.1, 0.15) is 30.9 Å². The number of rotatable bonds is 6. The topological polar surface area (TPSA) is 42.4 Å². The SMILES string of the molecule is CCc1ccc2nc(N(CC3CCCO3)C(=O)/C=C/c3ccccc3Cl)sc2c1.